The molecule has 0 amide bonds. The van der Waals surface area contributed by atoms with Crippen LogP contribution in [0.2, 0.25) is 0 Å². The number of imidazole rings is 1. The number of methoxy groups -OCH3 is 1. The summed E-state index contributed by atoms with van der Waals surface area (Å²) in [5.41, 5.74) is 1.99. The predicted octanol–water partition coefficient (Wildman–Crippen LogP) is 2.41. The van der Waals surface area contributed by atoms with E-state index in [9.17, 15) is 8.42 Å². The maximum atomic E-state index is 11.2. The minimum atomic E-state index is -3.02. The molecule has 4 aromatic rings. The van der Waals surface area contributed by atoms with Crippen LogP contribution < -0.4 is 10.1 Å². The Hall–Kier alpha value is -3.18. The molecule has 0 saturated carbocycles. The molecule has 10 nitrogen and oxygen atoms in total. The number of anilines is 1. The fourth-order valence-corrected chi connectivity index (χ4v) is 3.74. The van der Waals surface area contributed by atoms with Crippen molar-refractivity contribution in [2.24, 2.45) is 0 Å². The van der Waals surface area contributed by atoms with Crippen LogP contribution in [0, 0.1) is 0 Å². The highest BCUT2D eigenvalue weighted by Crippen LogP contribution is 2.31. The summed E-state index contributed by atoms with van der Waals surface area (Å²) in [4.78, 5) is 8.76. The molecule has 0 fully saturated rings. The lowest BCUT2D eigenvalue weighted by Gasteiger charge is -2.05. The molecule has 4 heterocycles. The molecule has 0 bridgehead atoms. The van der Waals surface area contributed by atoms with Crippen LogP contribution in [-0.2, 0) is 14.6 Å². The van der Waals surface area contributed by atoms with Crippen LogP contribution in [0.25, 0.3) is 28.1 Å². The Morgan fingerprint density at radius 3 is 2.87 bits per heavy atom. The topological polar surface area (TPSA) is 121 Å². The van der Waals surface area contributed by atoms with Crippen LogP contribution in [0.1, 0.15) is 6.42 Å². The van der Waals surface area contributed by atoms with Crippen molar-refractivity contribution >= 4 is 32.3 Å². The molecule has 4 rings (SSSR count). The molecular weight excluding hydrogens is 422 g/mol. The van der Waals surface area contributed by atoms with Crippen molar-refractivity contribution in [2.45, 2.75) is 6.42 Å². The van der Waals surface area contributed by atoms with E-state index in [1.807, 2.05) is 6.07 Å². The summed E-state index contributed by atoms with van der Waals surface area (Å²) in [6.45, 7) is 1.44. The van der Waals surface area contributed by atoms with Gasteiger partial charge in [0.1, 0.15) is 26.9 Å². The van der Waals surface area contributed by atoms with Crippen molar-refractivity contribution in [3.8, 4) is 17.3 Å². The molecule has 0 radical (unpaired) electrons. The molecule has 0 spiro atoms. The predicted molar refractivity (Wildman–Crippen MR) is 116 cm³/mol. The molecule has 11 heteroatoms. The van der Waals surface area contributed by atoms with Crippen molar-refractivity contribution in [3.05, 3.63) is 36.7 Å². The molecule has 0 aliphatic heterocycles. The molecule has 0 aromatic carbocycles. The Kier molecular flexibility index (Phi) is 6.05. The number of hydrogen-bond acceptors (Lipinski definition) is 9. The second-order valence-electron chi connectivity index (χ2n) is 7.02. The minimum Gasteiger partial charge on any atom is -0.477 e. The summed E-state index contributed by atoms with van der Waals surface area (Å²) < 4.78 is 40.8. The molecule has 0 saturated heterocycles. The minimum absolute atomic E-state index is 0.0688. The van der Waals surface area contributed by atoms with E-state index in [4.69, 9.17) is 13.9 Å². The smallest absolute Gasteiger partial charge is 0.231 e. The van der Waals surface area contributed by atoms with Crippen molar-refractivity contribution in [1.29, 1.82) is 0 Å². The number of fused-ring (bicyclic) bond motifs is 2. The van der Waals surface area contributed by atoms with Crippen LogP contribution in [0.5, 0.6) is 5.88 Å². The van der Waals surface area contributed by atoms with Gasteiger partial charge in [-0.25, -0.2) is 22.9 Å². The van der Waals surface area contributed by atoms with E-state index in [-0.39, 0.29) is 12.4 Å². The summed E-state index contributed by atoms with van der Waals surface area (Å²) in [5.74, 6) is 1.74. The number of hydrogen-bond donors (Lipinski definition) is 1. The lowest BCUT2D eigenvalue weighted by atomic mass is 10.2. The number of furan rings is 1. The molecule has 4 aromatic heterocycles. The summed E-state index contributed by atoms with van der Waals surface area (Å²) in [5, 5.41) is 8.55. The quantitative estimate of drug-likeness (QED) is 0.367. The van der Waals surface area contributed by atoms with E-state index >= 15 is 0 Å². The number of nitrogens with one attached hydrogen (secondary N) is 1. The Bertz CT molecular complexity index is 1300. The van der Waals surface area contributed by atoms with Gasteiger partial charge in [-0.15, -0.1) is 5.10 Å². The monoisotopic (exact) mass is 445 g/mol. The summed E-state index contributed by atoms with van der Waals surface area (Å²) in [7, 11) is -1.37. The first-order valence-electron chi connectivity index (χ1n) is 9.71. The first kappa shape index (κ1) is 21.1. The van der Waals surface area contributed by atoms with E-state index in [0.29, 0.717) is 54.0 Å². The van der Waals surface area contributed by atoms with Crippen LogP contribution in [0.3, 0.4) is 0 Å². The zero-order valence-corrected chi connectivity index (χ0v) is 18.1. The molecule has 31 heavy (non-hydrogen) atoms. The number of pyridine rings is 1. The maximum absolute atomic E-state index is 11.2. The molecule has 164 valence electrons. The number of ether oxygens (including phenoxy) is 2. The van der Waals surface area contributed by atoms with E-state index in [2.05, 4.69) is 20.4 Å². The lowest BCUT2D eigenvalue weighted by Crippen LogP contribution is -2.09. The fourth-order valence-electron chi connectivity index (χ4n) is 3.10. The van der Waals surface area contributed by atoms with Gasteiger partial charge in [0.15, 0.2) is 11.4 Å². The average molecular weight is 446 g/mol. The highest BCUT2D eigenvalue weighted by molar-refractivity contribution is 7.90. The molecular formula is C20H23N5O5S. The number of aromatic nitrogens is 4. The Balaban J connectivity index is 1.59. The Morgan fingerprint density at radius 1 is 1.19 bits per heavy atom. The van der Waals surface area contributed by atoms with Crippen LogP contribution in [0.4, 0.5) is 5.82 Å². The van der Waals surface area contributed by atoms with E-state index in [1.54, 1.807) is 42.2 Å². The highest BCUT2D eigenvalue weighted by atomic mass is 32.2. The molecule has 0 atom stereocenters. The van der Waals surface area contributed by atoms with Gasteiger partial charge in [-0.05, 0) is 24.6 Å². The molecule has 0 unspecified atom stereocenters. The third kappa shape index (κ3) is 4.94. The van der Waals surface area contributed by atoms with Gasteiger partial charge in [0.2, 0.25) is 5.88 Å². The van der Waals surface area contributed by atoms with Crippen molar-refractivity contribution in [3.63, 3.8) is 0 Å². The second kappa shape index (κ2) is 8.90. The zero-order valence-electron chi connectivity index (χ0n) is 17.2. The van der Waals surface area contributed by atoms with Gasteiger partial charge < -0.3 is 19.2 Å². The maximum Gasteiger partial charge on any atom is 0.231 e. The second-order valence-corrected chi connectivity index (χ2v) is 9.28. The summed E-state index contributed by atoms with van der Waals surface area (Å²) >= 11 is 0. The molecule has 0 aliphatic carbocycles. The Labute approximate surface area is 179 Å². The summed E-state index contributed by atoms with van der Waals surface area (Å²) in [6.07, 6.45) is 4.96. The molecule has 1 N–H and O–H groups in total. The first-order chi connectivity index (χ1) is 14.9. The van der Waals surface area contributed by atoms with Gasteiger partial charge in [-0.1, -0.05) is 0 Å². The average Bonchev–Trinajstić information content (AvgIpc) is 3.34. The highest BCUT2D eigenvalue weighted by Gasteiger charge is 2.15. The third-order valence-electron chi connectivity index (χ3n) is 4.54. The number of sulfone groups is 1. The van der Waals surface area contributed by atoms with Crippen molar-refractivity contribution < 1.29 is 22.3 Å². The van der Waals surface area contributed by atoms with Crippen molar-refractivity contribution in [2.75, 3.05) is 44.2 Å². The largest absolute Gasteiger partial charge is 0.477 e. The number of rotatable bonds is 10. The summed E-state index contributed by atoms with van der Waals surface area (Å²) in [6, 6.07) is 7.17. The normalized spacial score (nSPS) is 11.9. The van der Waals surface area contributed by atoms with Crippen LogP contribution in [0.15, 0.2) is 41.1 Å². The lowest BCUT2D eigenvalue weighted by molar-refractivity contribution is 0.210. The number of nitrogens with zero attached hydrogens (tertiary/aromatic N) is 4. The first-order valence-corrected chi connectivity index (χ1v) is 11.8. The van der Waals surface area contributed by atoms with Gasteiger partial charge in [0.05, 0.1) is 30.5 Å². The van der Waals surface area contributed by atoms with Gasteiger partial charge in [-0.3, -0.25) is 0 Å². The third-order valence-corrected chi connectivity index (χ3v) is 5.57. The van der Waals surface area contributed by atoms with Gasteiger partial charge in [-0.2, -0.15) is 0 Å². The standard InChI is InChI=1S/C20H23N5O5S/c1-28-10-8-22-20-14-12-17(30-16(14)6-7-21-20)15-13-23-18-4-5-19(24-25(15)18)29-9-3-11-31(2,26)27/h4-7,12-13H,3,8-11H2,1-2H3,(H,21,22). The van der Waals surface area contributed by atoms with E-state index < -0.39 is 9.84 Å². The Morgan fingerprint density at radius 2 is 2.06 bits per heavy atom. The van der Waals surface area contributed by atoms with Gasteiger partial charge >= 0.3 is 0 Å². The molecule has 0 aliphatic rings. The zero-order chi connectivity index (χ0) is 21.8. The van der Waals surface area contributed by atoms with Crippen LogP contribution >= 0.6 is 0 Å². The van der Waals surface area contributed by atoms with Gasteiger partial charge in [0.25, 0.3) is 0 Å². The van der Waals surface area contributed by atoms with E-state index in [1.165, 1.54) is 6.26 Å². The van der Waals surface area contributed by atoms with Crippen LogP contribution in [-0.4, -0.2) is 66.9 Å². The SMILES string of the molecule is COCCNc1nccc2oc(-c3cnc4ccc(OCCCS(C)(=O)=O)nn34)cc12. The van der Waals surface area contributed by atoms with Crippen molar-refractivity contribution in [1.82, 2.24) is 19.6 Å². The fraction of sp³-hybridized carbons (Fsp3) is 0.350. The van der Waals surface area contributed by atoms with Gasteiger partial charge in [0, 0.05) is 32.2 Å². The van der Waals surface area contributed by atoms with E-state index in [0.717, 1.165) is 5.39 Å².